The second-order valence-corrected chi connectivity index (χ2v) is 2.81. The lowest BCUT2D eigenvalue weighted by Gasteiger charge is -2.13. The molecule has 0 aromatic carbocycles. The normalized spacial score (nSPS) is 14.0. The smallest absolute Gasteiger partial charge is 0.268 e. The summed E-state index contributed by atoms with van der Waals surface area (Å²) >= 11 is 0. The van der Waals surface area contributed by atoms with Crippen LogP contribution in [0.2, 0.25) is 0 Å². The zero-order valence-corrected chi connectivity index (χ0v) is 7.65. The Balaban J connectivity index is 5.31. The third-order valence-electron chi connectivity index (χ3n) is 1.50. The van der Waals surface area contributed by atoms with Gasteiger partial charge in [0.2, 0.25) is 0 Å². The first kappa shape index (κ1) is 11.9. The highest BCUT2D eigenvalue weighted by Gasteiger charge is 2.34. The van der Waals surface area contributed by atoms with E-state index in [0.29, 0.717) is 0 Å². The van der Waals surface area contributed by atoms with Gasteiger partial charge < -0.3 is 0 Å². The number of rotatable bonds is 3. The molecule has 0 saturated carbocycles. The van der Waals surface area contributed by atoms with E-state index in [1.807, 2.05) is 0 Å². The van der Waals surface area contributed by atoms with Crippen molar-refractivity contribution in [3.8, 4) is 0 Å². The standard InChI is InChI=1S/C9H12F3N/c1-5-7(9(10,11)12)8(13-4)6(2)3/h5-6H,1,4H2,2-3H3/b8-7+. The minimum absolute atomic E-state index is 0.0671. The van der Waals surface area contributed by atoms with Gasteiger partial charge in [-0.1, -0.05) is 26.5 Å². The maximum absolute atomic E-state index is 12.3. The largest absolute Gasteiger partial charge is 0.418 e. The van der Waals surface area contributed by atoms with Gasteiger partial charge in [0.1, 0.15) is 0 Å². The van der Waals surface area contributed by atoms with E-state index in [-0.39, 0.29) is 11.6 Å². The Bertz CT molecular complexity index is 236. The minimum Gasteiger partial charge on any atom is -0.268 e. The molecule has 74 valence electrons. The van der Waals surface area contributed by atoms with E-state index < -0.39 is 11.7 Å². The van der Waals surface area contributed by atoms with Gasteiger partial charge in [0, 0.05) is 0 Å². The van der Waals surface area contributed by atoms with Crippen LogP contribution in [0.4, 0.5) is 13.2 Å². The van der Waals surface area contributed by atoms with E-state index in [1.54, 1.807) is 13.8 Å². The summed E-state index contributed by atoms with van der Waals surface area (Å²) in [5, 5.41) is 0. The van der Waals surface area contributed by atoms with Crippen molar-refractivity contribution in [2.24, 2.45) is 10.9 Å². The van der Waals surface area contributed by atoms with Gasteiger partial charge in [-0.25, -0.2) is 0 Å². The Hall–Kier alpha value is -1.06. The van der Waals surface area contributed by atoms with Crippen molar-refractivity contribution in [1.29, 1.82) is 0 Å². The molecule has 0 aliphatic heterocycles. The van der Waals surface area contributed by atoms with Gasteiger partial charge in [-0.3, -0.25) is 4.99 Å². The molecule has 4 heteroatoms. The Kier molecular flexibility index (Phi) is 3.91. The molecule has 0 atom stereocenters. The van der Waals surface area contributed by atoms with Crippen molar-refractivity contribution >= 4 is 6.72 Å². The molecule has 0 unspecified atom stereocenters. The molecular weight excluding hydrogens is 179 g/mol. The highest BCUT2D eigenvalue weighted by molar-refractivity contribution is 5.36. The summed E-state index contributed by atoms with van der Waals surface area (Å²) in [4.78, 5) is 3.36. The van der Waals surface area contributed by atoms with Gasteiger partial charge in [0.15, 0.2) is 0 Å². The van der Waals surface area contributed by atoms with Crippen molar-refractivity contribution in [3.05, 3.63) is 23.9 Å². The van der Waals surface area contributed by atoms with Crippen molar-refractivity contribution < 1.29 is 13.2 Å². The van der Waals surface area contributed by atoms with E-state index in [1.165, 1.54) is 0 Å². The molecule has 0 aromatic heterocycles. The molecule has 0 amide bonds. The van der Waals surface area contributed by atoms with E-state index in [4.69, 9.17) is 0 Å². The average molecular weight is 191 g/mol. The Morgan fingerprint density at radius 3 is 1.92 bits per heavy atom. The van der Waals surface area contributed by atoms with Gasteiger partial charge in [0.25, 0.3) is 0 Å². The number of aliphatic imine (C=N–C) groups is 1. The first-order chi connectivity index (χ1) is 5.84. The van der Waals surface area contributed by atoms with Crippen molar-refractivity contribution in [1.82, 2.24) is 0 Å². The maximum Gasteiger partial charge on any atom is 0.418 e. The first-order valence-electron chi connectivity index (χ1n) is 3.75. The van der Waals surface area contributed by atoms with Gasteiger partial charge in [0.05, 0.1) is 11.3 Å². The van der Waals surface area contributed by atoms with Crippen molar-refractivity contribution in [2.75, 3.05) is 0 Å². The molecule has 0 aliphatic carbocycles. The molecule has 0 radical (unpaired) electrons. The summed E-state index contributed by atoms with van der Waals surface area (Å²) in [6.07, 6.45) is -3.63. The molecule has 0 N–H and O–H groups in total. The fourth-order valence-electron chi connectivity index (χ4n) is 0.944. The third kappa shape index (κ3) is 3.05. The zero-order valence-electron chi connectivity index (χ0n) is 7.65. The zero-order chi connectivity index (χ0) is 10.6. The fourth-order valence-corrected chi connectivity index (χ4v) is 0.944. The number of nitrogens with zero attached hydrogens (tertiary/aromatic N) is 1. The van der Waals surface area contributed by atoms with E-state index in [2.05, 4.69) is 18.3 Å². The van der Waals surface area contributed by atoms with Gasteiger partial charge >= 0.3 is 6.18 Å². The SMILES string of the molecule is C=C/C(=C(\N=C)C(C)C)C(F)(F)F. The number of hydrogen-bond donors (Lipinski definition) is 0. The Morgan fingerprint density at radius 1 is 1.38 bits per heavy atom. The van der Waals surface area contributed by atoms with Gasteiger partial charge in [-0.05, 0) is 12.6 Å². The summed E-state index contributed by atoms with van der Waals surface area (Å²) in [5.74, 6) is -0.313. The minimum atomic E-state index is -4.40. The lowest BCUT2D eigenvalue weighted by molar-refractivity contribution is -0.0893. The Labute approximate surface area is 75.7 Å². The molecule has 13 heavy (non-hydrogen) atoms. The van der Waals surface area contributed by atoms with Crippen LogP contribution >= 0.6 is 0 Å². The molecule has 0 heterocycles. The maximum atomic E-state index is 12.3. The van der Waals surface area contributed by atoms with Crippen LogP contribution in [0.3, 0.4) is 0 Å². The molecule has 0 spiro atoms. The van der Waals surface area contributed by atoms with Crippen LogP contribution in [0.15, 0.2) is 28.9 Å². The number of allylic oxidation sites excluding steroid dienone is 3. The number of hydrogen-bond acceptors (Lipinski definition) is 1. The quantitative estimate of drug-likeness (QED) is 0.479. The monoisotopic (exact) mass is 191 g/mol. The summed E-state index contributed by atoms with van der Waals surface area (Å²) in [6, 6.07) is 0. The molecule has 0 aromatic rings. The van der Waals surface area contributed by atoms with Gasteiger partial charge in [-0.15, -0.1) is 0 Å². The van der Waals surface area contributed by atoms with Crippen LogP contribution < -0.4 is 0 Å². The van der Waals surface area contributed by atoms with Crippen LogP contribution in [-0.4, -0.2) is 12.9 Å². The van der Waals surface area contributed by atoms with Crippen molar-refractivity contribution in [3.63, 3.8) is 0 Å². The second-order valence-electron chi connectivity index (χ2n) is 2.81. The average Bonchev–Trinajstić information content (AvgIpc) is 1.96. The highest BCUT2D eigenvalue weighted by atomic mass is 19.4. The molecule has 0 rings (SSSR count). The van der Waals surface area contributed by atoms with E-state index in [9.17, 15) is 13.2 Å². The highest BCUT2D eigenvalue weighted by Crippen LogP contribution is 2.31. The molecule has 0 fully saturated rings. The molecular formula is C9H12F3N. The second kappa shape index (κ2) is 4.25. The first-order valence-corrected chi connectivity index (χ1v) is 3.75. The van der Waals surface area contributed by atoms with E-state index in [0.717, 1.165) is 6.08 Å². The fraction of sp³-hybridized carbons (Fsp3) is 0.444. The predicted molar refractivity (Wildman–Crippen MR) is 47.7 cm³/mol. The van der Waals surface area contributed by atoms with E-state index >= 15 is 0 Å². The summed E-state index contributed by atoms with van der Waals surface area (Å²) < 4.78 is 36.9. The van der Waals surface area contributed by atoms with Crippen LogP contribution in [0.5, 0.6) is 0 Å². The predicted octanol–water partition coefficient (Wildman–Crippen LogP) is 3.35. The number of halogens is 3. The van der Waals surface area contributed by atoms with Gasteiger partial charge in [-0.2, -0.15) is 13.2 Å². The summed E-state index contributed by atoms with van der Waals surface area (Å²) in [7, 11) is 0. The summed E-state index contributed by atoms with van der Waals surface area (Å²) in [5.41, 5.74) is -0.875. The van der Waals surface area contributed by atoms with Crippen molar-refractivity contribution in [2.45, 2.75) is 20.0 Å². The van der Waals surface area contributed by atoms with Crippen LogP contribution in [0.1, 0.15) is 13.8 Å². The molecule has 1 nitrogen and oxygen atoms in total. The lowest BCUT2D eigenvalue weighted by atomic mass is 10.0. The lowest BCUT2D eigenvalue weighted by Crippen LogP contribution is -2.14. The molecule has 0 saturated heterocycles. The molecule has 0 aliphatic rings. The molecule has 0 bridgehead atoms. The number of alkyl halides is 3. The summed E-state index contributed by atoms with van der Waals surface area (Å²) in [6.45, 7) is 9.47. The Morgan fingerprint density at radius 2 is 1.85 bits per heavy atom. The topological polar surface area (TPSA) is 12.4 Å². The van der Waals surface area contributed by atoms with Crippen LogP contribution in [-0.2, 0) is 0 Å². The van der Waals surface area contributed by atoms with Crippen LogP contribution in [0, 0.1) is 5.92 Å². The third-order valence-corrected chi connectivity index (χ3v) is 1.50. The van der Waals surface area contributed by atoms with Crippen LogP contribution in [0.25, 0.3) is 0 Å².